The van der Waals surface area contributed by atoms with E-state index in [1.807, 2.05) is 27.7 Å². The molecule has 6 heteroatoms. The lowest BCUT2D eigenvalue weighted by atomic mass is 9.94. The Morgan fingerprint density at radius 3 is 2.32 bits per heavy atom. The molecule has 1 aromatic heterocycles. The van der Waals surface area contributed by atoms with E-state index in [9.17, 15) is 14.4 Å². The van der Waals surface area contributed by atoms with Crippen molar-refractivity contribution in [3.63, 3.8) is 0 Å². The zero-order valence-electron chi connectivity index (χ0n) is 15.8. The molecule has 1 aliphatic heterocycles. The number of nitrogens with zero attached hydrogens (tertiary/aromatic N) is 1. The molecule has 1 aromatic rings. The Morgan fingerprint density at radius 2 is 1.84 bits per heavy atom. The molecule has 0 amide bonds. The lowest BCUT2D eigenvalue weighted by Gasteiger charge is -2.34. The van der Waals surface area contributed by atoms with E-state index in [0.29, 0.717) is 43.8 Å². The van der Waals surface area contributed by atoms with E-state index in [1.54, 1.807) is 0 Å². The fourth-order valence-corrected chi connectivity index (χ4v) is 3.68. The quantitative estimate of drug-likeness (QED) is 0.631. The SMILES string of the molecule is CCOC(=O)C1CCN([C@H](C)C(=O)c2[nH]c(C)c(C(C)=O)c2C)CC1. The lowest BCUT2D eigenvalue weighted by molar-refractivity contribution is -0.149. The van der Waals surface area contributed by atoms with Crippen LogP contribution in [0.5, 0.6) is 0 Å². The molecule has 0 aliphatic carbocycles. The molecule has 2 rings (SSSR count). The topological polar surface area (TPSA) is 79.5 Å². The number of piperidine rings is 1. The number of Topliss-reactive ketones (excluding diaryl/α,β-unsaturated/α-hetero) is 2. The maximum absolute atomic E-state index is 12.9. The highest BCUT2D eigenvalue weighted by Crippen LogP contribution is 2.24. The van der Waals surface area contributed by atoms with Crippen LogP contribution >= 0.6 is 0 Å². The molecule has 0 spiro atoms. The molecule has 6 nitrogen and oxygen atoms in total. The summed E-state index contributed by atoms with van der Waals surface area (Å²) in [5.41, 5.74) is 2.59. The second-order valence-corrected chi connectivity index (χ2v) is 6.78. The first-order chi connectivity index (χ1) is 11.8. The summed E-state index contributed by atoms with van der Waals surface area (Å²) >= 11 is 0. The maximum Gasteiger partial charge on any atom is 0.309 e. The number of H-pyrrole nitrogens is 1. The second-order valence-electron chi connectivity index (χ2n) is 6.78. The fraction of sp³-hybridized carbons (Fsp3) is 0.632. The largest absolute Gasteiger partial charge is 0.466 e. The number of carbonyl (C=O) groups excluding carboxylic acids is 3. The van der Waals surface area contributed by atoms with Gasteiger partial charge in [0.15, 0.2) is 11.6 Å². The van der Waals surface area contributed by atoms with Crippen LogP contribution in [-0.2, 0) is 9.53 Å². The van der Waals surface area contributed by atoms with Crippen molar-refractivity contribution in [1.82, 2.24) is 9.88 Å². The predicted octanol–water partition coefficient (Wildman–Crippen LogP) is 2.68. The number of aromatic amines is 1. The maximum atomic E-state index is 12.9. The van der Waals surface area contributed by atoms with E-state index in [4.69, 9.17) is 4.74 Å². The number of carbonyl (C=O) groups is 3. The van der Waals surface area contributed by atoms with Crippen molar-refractivity contribution in [3.05, 3.63) is 22.5 Å². The third-order valence-corrected chi connectivity index (χ3v) is 5.11. The number of ketones is 2. The molecule has 1 fully saturated rings. The van der Waals surface area contributed by atoms with E-state index < -0.39 is 0 Å². The summed E-state index contributed by atoms with van der Waals surface area (Å²) in [6.45, 7) is 10.6. The minimum atomic E-state index is -0.292. The van der Waals surface area contributed by atoms with Crippen LogP contribution in [0.2, 0.25) is 0 Å². The average Bonchev–Trinajstić information content (AvgIpc) is 2.88. The van der Waals surface area contributed by atoms with E-state index >= 15 is 0 Å². The smallest absolute Gasteiger partial charge is 0.309 e. The Balaban J connectivity index is 2.06. The number of hydrogen-bond acceptors (Lipinski definition) is 5. The molecule has 1 atom stereocenters. The number of likely N-dealkylation sites (tertiary alicyclic amines) is 1. The Hall–Kier alpha value is -1.95. The summed E-state index contributed by atoms with van der Waals surface area (Å²) in [6, 6.07) is -0.292. The number of nitrogens with one attached hydrogen (secondary N) is 1. The minimum absolute atomic E-state index is 0.0114. The monoisotopic (exact) mass is 348 g/mol. The van der Waals surface area contributed by atoms with Gasteiger partial charge in [0.1, 0.15) is 0 Å². The third-order valence-electron chi connectivity index (χ3n) is 5.11. The first kappa shape index (κ1) is 19.4. The zero-order valence-corrected chi connectivity index (χ0v) is 15.8. The second kappa shape index (κ2) is 7.95. The van der Waals surface area contributed by atoms with Crippen LogP contribution in [0.4, 0.5) is 0 Å². The first-order valence-corrected chi connectivity index (χ1v) is 8.92. The predicted molar refractivity (Wildman–Crippen MR) is 95.0 cm³/mol. The van der Waals surface area contributed by atoms with Gasteiger partial charge < -0.3 is 9.72 Å². The summed E-state index contributed by atoms with van der Waals surface area (Å²) in [6.07, 6.45) is 1.41. The molecular weight excluding hydrogens is 320 g/mol. The highest BCUT2D eigenvalue weighted by Gasteiger charge is 2.32. The minimum Gasteiger partial charge on any atom is -0.466 e. The van der Waals surface area contributed by atoms with Crippen molar-refractivity contribution in [2.75, 3.05) is 19.7 Å². The highest BCUT2D eigenvalue weighted by atomic mass is 16.5. The molecule has 138 valence electrons. The molecule has 1 N–H and O–H groups in total. The molecule has 0 saturated carbocycles. The summed E-state index contributed by atoms with van der Waals surface area (Å²) in [5.74, 6) is -0.253. The van der Waals surface area contributed by atoms with Crippen LogP contribution in [-0.4, -0.2) is 53.2 Å². The molecule has 25 heavy (non-hydrogen) atoms. The molecule has 2 heterocycles. The zero-order chi connectivity index (χ0) is 18.7. The third kappa shape index (κ3) is 4.00. The lowest BCUT2D eigenvalue weighted by Crippen LogP contribution is -2.45. The van der Waals surface area contributed by atoms with Gasteiger partial charge in [0.2, 0.25) is 0 Å². The normalized spacial score (nSPS) is 17.3. The van der Waals surface area contributed by atoms with Gasteiger partial charge in [-0.3, -0.25) is 19.3 Å². The van der Waals surface area contributed by atoms with Gasteiger partial charge in [-0.2, -0.15) is 0 Å². The van der Waals surface area contributed by atoms with Crippen LogP contribution < -0.4 is 0 Å². The number of rotatable bonds is 6. The standard InChI is InChI=1S/C19H28N2O4/c1-6-25-19(24)15-7-9-21(10-8-15)13(4)18(23)17-11(2)16(14(5)22)12(3)20-17/h13,15,20H,6-10H2,1-5H3/t13-/m1/s1. The number of aryl methyl sites for hydroxylation is 1. The van der Waals surface area contributed by atoms with Crippen LogP contribution in [0.3, 0.4) is 0 Å². The summed E-state index contributed by atoms with van der Waals surface area (Å²) < 4.78 is 5.09. The highest BCUT2D eigenvalue weighted by molar-refractivity contribution is 6.05. The molecule has 1 aliphatic rings. The van der Waals surface area contributed by atoms with Crippen LogP contribution in [0.1, 0.15) is 65.7 Å². The van der Waals surface area contributed by atoms with Crippen molar-refractivity contribution >= 4 is 17.5 Å². The van der Waals surface area contributed by atoms with Gasteiger partial charge in [0.25, 0.3) is 0 Å². The van der Waals surface area contributed by atoms with Crippen molar-refractivity contribution < 1.29 is 19.1 Å². The number of aromatic nitrogens is 1. The molecule has 0 bridgehead atoms. The fourth-order valence-electron chi connectivity index (χ4n) is 3.68. The van der Waals surface area contributed by atoms with E-state index in [-0.39, 0.29) is 29.5 Å². The van der Waals surface area contributed by atoms with Gasteiger partial charge in [-0.1, -0.05) is 0 Å². The molecule has 0 aromatic carbocycles. The van der Waals surface area contributed by atoms with Gasteiger partial charge in [0.05, 0.1) is 24.3 Å². The van der Waals surface area contributed by atoms with E-state index in [0.717, 1.165) is 11.3 Å². The van der Waals surface area contributed by atoms with Crippen molar-refractivity contribution in [3.8, 4) is 0 Å². The number of ether oxygens (including phenoxy) is 1. The van der Waals surface area contributed by atoms with E-state index in [1.165, 1.54) is 6.92 Å². The van der Waals surface area contributed by atoms with Crippen LogP contribution in [0, 0.1) is 19.8 Å². The van der Waals surface area contributed by atoms with Crippen LogP contribution in [0.15, 0.2) is 0 Å². The Labute approximate surface area is 148 Å². The molecular formula is C19H28N2O4. The summed E-state index contributed by atoms with van der Waals surface area (Å²) in [5, 5.41) is 0. The van der Waals surface area contributed by atoms with Gasteiger partial charge >= 0.3 is 5.97 Å². The van der Waals surface area contributed by atoms with E-state index in [2.05, 4.69) is 9.88 Å². The molecule has 0 unspecified atom stereocenters. The Kier molecular flexibility index (Phi) is 6.16. The summed E-state index contributed by atoms with van der Waals surface area (Å²) in [7, 11) is 0. The molecule has 0 radical (unpaired) electrons. The van der Waals surface area contributed by atoms with Gasteiger partial charge in [-0.25, -0.2) is 0 Å². The van der Waals surface area contributed by atoms with Crippen molar-refractivity contribution in [2.45, 2.75) is 53.5 Å². The number of hydrogen-bond donors (Lipinski definition) is 1. The first-order valence-electron chi connectivity index (χ1n) is 8.92. The Morgan fingerprint density at radius 1 is 1.24 bits per heavy atom. The molecule has 1 saturated heterocycles. The number of esters is 1. The Bertz CT molecular complexity index is 669. The summed E-state index contributed by atoms with van der Waals surface area (Å²) in [4.78, 5) is 41.7. The van der Waals surface area contributed by atoms with Gasteiger partial charge in [-0.15, -0.1) is 0 Å². The van der Waals surface area contributed by atoms with Gasteiger partial charge in [0, 0.05) is 11.3 Å². The average molecular weight is 348 g/mol. The van der Waals surface area contributed by atoms with Gasteiger partial charge in [-0.05, 0) is 66.1 Å². The van der Waals surface area contributed by atoms with Crippen molar-refractivity contribution in [1.29, 1.82) is 0 Å². The van der Waals surface area contributed by atoms with Crippen molar-refractivity contribution in [2.24, 2.45) is 5.92 Å². The van der Waals surface area contributed by atoms with Crippen LogP contribution in [0.25, 0.3) is 0 Å².